The predicted octanol–water partition coefficient (Wildman–Crippen LogP) is 4.78. The minimum absolute atomic E-state index is 0.167. The van der Waals surface area contributed by atoms with Crippen LogP contribution < -0.4 is 4.74 Å². The summed E-state index contributed by atoms with van der Waals surface area (Å²) in [4.78, 5) is 30.7. The number of imide groups is 1. The van der Waals surface area contributed by atoms with Crippen LogP contribution in [0.25, 0.3) is 5.57 Å². The van der Waals surface area contributed by atoms with Crippen molar-refractivity contribution in [2.24, 2.45) is 11.8 Å². The first-order chi connectivity index (χ1) is 15.9. The summed E-state index contributed by atoms with van der Waals surface area (Å²) in [6, 6.07) is 17.6. The molecule has 1 saturated heterocycles. The van der Waals surface area contributed by atoms with Crippen molar-refractivity contribution in [3.8, 4) is 5.75 Å². The standard InChI is InChI=1S/C28H34N2O3/c1-20(2)19-33-24-13-11-23(12-14-24)25-26(29-16-7-8-21(3)18-29)28(32)30(27(25)31)17-15-22-9-5-4-6-10-22/h4-6,9-14,20-21H,7-8,15-19H2,1-3H3. The summed E-state index contributed by atoms with van der Waals surface area (Å²) in [6.07, 6.45) is 2.84. The van der Waals surface area contributed by atoms with E-state index >= 15 is 0 Å². The minimum Gasteiger partial charge on any atom is -0.493 e. The van der Waals surface area contributed by atoms with E-state index in [0.29, 0.717) is 42.7 Å². The normalized spacial score (nSPS) is 19.1. The number of carbonyl (C=O) groups is 2. The number of benzene rings is 2. The molecule has 0 spiro atoms. The van der Waals surface area contributed by atoms with Gasteiger partial charge in [-0.2, -0.15) is 0 Å². The Kier molecular flexibility index (Phi) is 7.17. The molecule has 2 aliphatic rings. The maximum atomic E-state index is 13.6. The topological polar surface area (TPSA) is 49.9 Å². The first-order valence-corrected chi connectivity index (χ1v) is 12.1. The molecule has 1 fully saturated rings. The van der Waals surface area contributed by atoms with E-state index in [4.69, 9.17) is 4.74 Å². The van der Waals surface area contributed by atoms with Gasteiger partial charge >= 0.3 is 0 Å². The summed E-state index contributed by atoms with van der Waals surface area (Å²) in [7, 11) is 0. The Bertz CT molecular complexity index is 1010. The van der Waals surface area contributed by atoms with Crippen molar-refractivity contribution in [1.29, 1.82) is 0 Å². The van der Waals surface area contributed by atoms with E-state index < -0.39 is 0 Å². The second-order valence-electron chi connectivity index (χ2n) is 9.64. The van der Waals surface area contributed by atoms with E-state index in [1.165, 1.54) is 4.90 Å². The fourth-order valence-electron chi connectivity index (χ4n) is 4.58. The Hall–Kier alpha value is -3.08. The Balaban J connectivity index is 1.62. The van der Waals surface area contributed by atoms with Gasteiger partial charge in [0.1, 0.15) is 11.4 Å². The van der Waals surface area contributed by atoms with Gasteiger partial charge in [-0.25, -0.2) is 0 Å². The lowest BCUT2D eigenvalue weighted by atomic mass is 9.97. The monoisotopic (exact) mass is 446 g/mol. The largest absolute Gasteiger partial charge is 0.493 e. The van der Waals surface area contributed by atoms with Crippen molar-refractivity contribution in [1.82, 2.24) is 9.80 Å². The molecular weight excluding hydrogens is 412 g/mol. The molecule has 1 atom stereocenters. The minimum atomic E-state index is -0.194. The van der Waals surface area contributed by atoms with Gasteiger partial charge in [-0.3, -0.25) is 14.5 Å². The van der Waals surface area contributed by atoms with Crippen LogP contribution in [0.5, 0.6) is 5.75 Å². The summed E-state index contributed by atoms with van der Waals surface area (Å²) in [5.74, 6) is 1.35. The highest BCUT2D eigenvalue weighted by Crippen LogP contribution is 2.34. The van der Waals surface area contributed by atoms with E-state index in [9.17, 15) is 9.59 Å². The summed E-state index contributed by atoms with van der Waals surface area (Å²) >= 11 is 0. The van der Waals surface area contributed by atoms with E-state index in [0.717, 1.165) is 42.8 Å². The van der Waals surface area contributed by atoms with E-state index in [2.05, 4.69) is 25.7 Å². The van der Waals surface area contributed by atoms with Crippen molar-refractivity contribution in [2.45, 2.75) is 40.0 Å². The maximum Gasteiger partial charge on any atom is 0.277 e. The molecule has 0 N–H and O–H groups in total. The lowest BCUT2D eigenvalue weighted by molar-refractivity contribution is -0.137. The Morgan fingerprint density at radius 2 is 1.73 bits per heavy atom. The first kappa shape index (κ1) is 23.1. The van der Waals surface area contributed by atoms with Crippen molar-refractivity contribution >= 4 is 17.4 Å². The molecule has 5 nitrogen and oxygen atoms in total. The molecule has 2 aromatic carbocycles. The Morgan fingerprint density at radius 1 is 1.00 bits per heavy atom. The van der Waals surface area contributed by atoms with Gasteiger partial charge in [-0.05, 0) is 54.4 Å². The van der Waals surface area contributed by atoms with Crippen molar-refractivity contribution in [3.63, 3.8) is 0 Å². The highest BCUT2D eigenvalue weighted by atomic mass is 16.5. The molecular formula is C28H34N2O3. The Labute approximate surface area is 197 Å². The van der Waals surface area contributed by atoms with Gasteiger partial charge in [-0.1, -0.05) is 63.2 Å². The summed E-state index contributed by atoms with van der Waals surface area (Å²) < 4.78 is 5.81. The fourth-order valence-corrected chi connectivity index (χ4v) is 4.58. The second-order valence-corrected chi connectivity index (χ2v) is 9.64. The van der Waals surface area contributed by atoms with Crippen LogP contribution in [-0.2, 0) is 16.0 Å². The van der Waals surface area contributed by atoms with Crippen molar-refractivity contribution in [2.75, 3.05) is 26.2 Å². The zero-order valence-electron chi connectivity index (χ0n) is 19.9. The molecule has 33 heavy (non-hydrogen) atoms. The molecule has 2 amide bonds. The first-order valence-electron chi connectivity index (χ1n) is 12.1. The number of piperidine rings is 1. The van der Waals surface area contributed by atoms with Crippen LogP contribution in [0.3, 0.4) is 0 Å². The molecule has 0 aliphatic carbocycles. The lowest BCUT2D eigenvalue weighted by Gasteiger charge is -2.33. The molecule has 0 bridgehead atoms. The van der Waals surface area contributed by atoms with E-state index in [1.807, 2.05) is 54.6 Å². The van der Waals surface area contributed by atoms with Gasteiger partial charge < -0.3 is 9.64 Å². The van der Waals surface area contributed by atoms with Gasteiger partial charge in [0, 0.05) is 19.6 Å². The molecule has 1 unspecified atom stereocenters. The summed E-state index contributed by atoms with van der Waals surface area (Å²) in [5, 5.41) is 0. The van der Waals surface area contributed by atoms with Gasteiger partial charge in [-0.15, -0.1) is 0 Å². The molecule has 5 heteroatoms. The van der Waals surface area contributed by atoms with Crippen LogP contribution in [-0.4, -0.2) is 47.9 Å². The fraction of sp³-hybridized carbons (Fsp3) is 0.429. The molecule has 0 aromatic heterocycles. The van der Waals surface area contributed by atoms with Crippen LogP contribution in [0.2, 0.25) is 0 Å². The molecule has 2 heterocycles. The number of likely N-dealkylation sites (tertiary alicyclic amines) is 1. The van der Waals surface area contributed by atoms with Gasteiger partial charge in [0.25, 0.3) is 11.8 Å². The Morgan fingerprint density at radius 3 is 2.39 bits per heavy atom. The third-order valence-electron chi connectivity index (χ3n) is 6.31. The van der Waals surface area contributed by atoms with Gasteiger partial charge in [0.2, 0.25) is 0 Å². The SMILES string of the molecule is CC(C)COc1ccc(C2=C(N3CCCC(C)C3)C(=O)N(CCc3ccccc3)C2=O)cc1. The lowest BCUT2D eigenvalue weighted by Crippen LogP contribution is -2.39. The predicted molar refractivity (Wildman–Crippen MR) is 131 cm³/mol. The number of ether oxygens (including phenoxy) is 1. The van der Waals surface area contributed by atoms with Gasteiger partial charge in [0.15, 0.2) is 0 Å². The van der Waals surface area contributed by atoms with Gasteiger partial charge in [0.05, 0.1) is 12.2 Å². The molecule has 174 valence electrons. The molecule has 0 saturated carbocycles. The third-order valence-corrected chi connectivity index (χ3v) is 6.31. The highest BCUT2D eigenvalue weighted by molar-refractivity contribution is 6.35. The van der Waals surface area contributed by atoms with Crippen molar-refractivity contribution < 1.29 is 14.3 Å². The summed E-state index contributed by atoms with van der Waals surface area (Å²) in [6.45, 7) is 9.07. The van der Waals surface area contributed by atoms with Crippen LogP contribution in [0, 0.1) is 11.8 Å². The number of hydrogen-bond donors (Lipinski definition) is 0. The third kappa shape index (κ3) is 5.29. The summed E-state index contributed by atoms with van der Waals surface area (Å²) in [5.41, 5.74) is 2.99. The molecule has 2 aromatic rings. The van der Waals surface area contributed by atoms with Crippen LogP contribution in [0.15, 0.2) is 60.3 Å². The van der Waals surface area contributed by atoms with Crippen molar-refractivity contribution in [3.05, 3.63) is 71.4 Å². The number of amides is 2. The average molecular weight is 447 g/mol. The quantitative estimate of drug-likeness (QED) is 0.548. The molecule has 4 rings (SSSR count). The molecule has 0 radical (unpaired) electrons. The zero-order valence-corrected chi connectivity index (χ0v) is 19.9. The smallest absolute Gasteiger partial charge is 0.277 e. The number of hydrogen-bond acceptors (Lipinski definition) is 4. The zero-order chi connectivity index (χ0) is 23.4. The number of rotatable bonds is 8. The maximum absolute atomic E-state index is 13.6. The van der Waals surface area contributed by atoms with Crippen LogP contribution in [0.1, 0.15) is 44.7 Å². The average Bonchev–Trinajstić information content (AvgIpc) is 3.06. The number of nitrogens with zero attached hydrogens (tertiary/aromatic N) is 2. The number of carbonyl (C=O) groups excluding carboxylic acids is 2. The van der Waals surface area contributed by atoms with E-state index in [1.54, 1.807) is 0 Å². The molecule has 2 aliphatic heterocycles. The van der Waals surface area contributed by atoms with Crippen LogP contribution in [0.4, 0.5) is 0 Å². The second kappa shape index (κ2) is 10.2. The highest BCUT2D eigenvalue weighted by Gasteiger charge is 2.42. The van der Waals surface area contributed by atoms with Crippen LogP contribution >= 0.6 is 0 Å². The van der Waals surface area contributed by atoms with E-state index in [-0.39, 0.29) is 11.8 Å².